The van der Waals surface area contributed by atoms with E-state index in [0.717, 1.165) is 18.5 Å². The number of carbonyl (C=O) groups excluding carboxylic acids is 1. The number of hydrogen-bond acceptors (Lipinski definition) is 3. The zero-order chi connectivity index (χ0) is 13.8. The molecule has 0 aromatic heterocycles. The number of hydrogen-bond donors (Lipinski definition) is 0. The van der Waals surface area contributed by atoms with Crippen LogP contribution in [0.2, 0.25) is 0 Å². The molecule has 2 atom stereocenters. The molecule has 1 aromatic rings. The van der Waals surface area contributed by atoms with Crippen LogP contribution in [-0.2, 0) is 9.53 Å². The van der Waals surface area contributed by atoms with Gasteiger partial charge in [-0.1, -0.05) is 13.0 Å². The first-order valence-electron chi connectivity index (χ1n) is 6.56. The van der Waals surface area contributed by atoms with E-state index in [1.54, 1.807) is 30.1 Å². The summed E-state index contributed by atoms with van der Waals surface area (Å²) in [6.45, 7) is 2.69. The molecule has 1 heterocycles. The highest BCUT2D eigenvalue weighted by molar-refractivity contribution is 5.95. The number of nitriles is 1. The molecule has 1 amide bonds. The first-order valence-corrected chi connectivity index (χ1v) is 6.56. The van der Waals surface area contributed by atoms with Crippen molar-refractivity contribution < 1.29 is 9.53 Å². The Kier molecular flexibility index (Phi) is 4.18. The van der Waals surface area contributed by atoms with Crippen molar-refractivity contribution in [3.8, 4) is 6.07 Å². The highest BCUT2D eigenvalue weighted by atomic mass is 16.5. The monoisotopic (exact) mass is 258 g/mol. The lowest BCUT2D eigenvalue weighted by Crippen LogP contribution is -2.36. The molecule has 0 saturated carbocycles. The van der Waals surface area contributed by atoms with E-state index in [2.05, 4.69) is 6.07 Å². The summed E-state index contributed by atoms with van der Waals surface area (Å²) in [5.74, 6) is 0.000168. The standard InChI is InChI=1S/C15H18N2O2/c1-3-14-13(7-8-19-14)15(18)17(2)12-6-4-5-11(9-12)10-16/h4-6,9,13-14H,3,7-8H2,1-2H3. The summed E-state index contributed by atoms with van der Waals surface area (Å²) >= 11 is 0. The molecular weight excluding hydrogens is 240 g/mol. The van der Waals surface area contributed by atoms with Crippen molar-refractivity contribution in [2.45, 2.75) is 25.9 Å². The number of benzene rings is 1. The maximum Gasteiger partial charge on any atom is 0.232 e. The Bertz CT molecular complexity index is 507. The van der Waals surface area contributed by atoms with Crippen LogP contribution in [0.3, 0.4) is 0 Å². The fourth-order valence-corrected chi connectivity index (χ4v) is 2.49. The van der Waals surface area contributed by atoms with E-state index in [1.807, 2.05) is 13.0 Å². The van der Waals surface area contributed by atoms with Gasteiger partial charge in [-0.25, -0.2) is 0 Å². The Hall–Kier alpha value is -1.86. The minimum absolute atomic E-state index is 0.0223. The van der Waals surface area contributed by atoms with Gasteiger partial charge in [-0.2, -0.15) is 5.26 Å². The molecule has 1 saturated heterocycles. The molecule has 1 aromatic carbocycles. The van der Waals surface area contributed by atoms with Crippen LogP contribution in [0, 0.1) is 17.2 Å². The lowest BCUT2D eigenvalue weighted by molar-refractivity contribution is -0.123. The number of ether oxygens (including phenoxy) is 1. The van der Waals surface area contributed by atoms with Crippen molar-refractivity contribution in [3.63, 3.8) is 0 Å². The summed E-state index contributed by atoms with van der Waals surface area (Å²) in [7, 11) is 1.75. The molecule has 0 N–H and O–H groups in total. The highest BCUT2D eigenvalue weighted by Crippen LogP contribution is 2.27. The summed E-state index contributed by atoms with van der Waals surface area (Å²) in [5, 5.41) is 8.90. The summed E-state index contributed by atoms with van der Waals surface area (Å²) in [4.78, 5) is 14.1. The van der Waals surface area contributed by atoms with Crippen molar-refractivity contribution in [2.24, 2.45) is 5.92 Å². The van der Waals surface area contributed by atoms with Crippen LogP contribution < -0.4 is 4.90 Å². The Balaban J connectivity index is 2.16. The van der Waals surface area contributed by atoms with Crippen LogP contribution in [0.25, 0.3) is 0 Å². The van der Waals surface area contributed by atoms with Crippen LogP contribution in [-0.4, -0.2) is 25.7 Å². The molecule has 0 bridgehead atoms. The van der Waals surface area contributed by atoms with Crippen molar-refractivity contribution >= 4 is 11.6 Å². The lowest BCUT2D eigenvalue weighted by Gasteiger charge is -2.24. The molecule has 1 aliphatic rings. The average Bonchev–Trinajstić information content (AvgIpc) is 2.94. The third-order valence-electron chi connectivity index (χ3n) is 3.62. The quantitative estimate of drug-likeness (QED) is 0.836. The van der Waals surface area contributed by atoms with Gasteiger partial charge in [0, 0.05) is 19.3 Å². The van der Waals surface area contributed by atoms with Gasteiger partial charge in [-0.05, 0) is 31.0 Å². The molecule has 2 unspecified atom stereocenters. The predicted octanol–water partition coefficient (Wildman–Crippen LogP) is 2.34. The van der Waals surface area contributed by atoms with Crippen LogP contribution in [0.15, 0.2) is 24.3 Å². The van der Waals surface area contributed by atoms with E-state index in [1.165, 1.54) is 0 Å². The van der Waals surface area contributed by atoms with Crippen LogP contribution in [0.4, 0.5) is 5.69 Å². The lowest BCUT2D eigenvalue weighted by atomic mass is 9.98. The van der Waals surface area contributed by atoms with Gasteiger partial charge in [0.2, 0.25) is 5.91 Å². The van der Waals surface area contributed by atoms with Crippen LogP contribution in [0.1, 0.15) is 25.3 Å². The van der Waals surface area contributed by atoms with Crippen LogP contribution >= 0.6 is 0 Å². The molecular formula is C15H18N2O2. The Morgan fingerprint density at radius 2 is 2.37 bits per heavy atom. The molecule has 4 nitrogen and oxygen atoms in total. The smallest absolute Gasteiger partial charge is 0.232 e. The second kappa shape index (κ2) is 5.85. The first-order chi connectivity index (χ1) is 9.17. The van der Waals surface area contributed by atoms with Crippen molar-refractivity contribution in [2.75, 3.05) is 18.6 Å². The minimum Gasteiger partial charge on any atom is -0.377 e. The summed E-state index contributed by atoms with van der Waals surface area (Å²) in [6.07, 6.45) is 1.65. The molecule has 0 aliphatic carbocycles. The first kappa shape index (κ1) is 13.6. The van der Waals surface area contributed by atoms with E-state index >= 15 is 0 Å². The number of nitrogens with zero attached hydrogens (tertiary/aromatic N) is 2. The molecule has 1 aliphatic heterocycles. The van der Waals surface area contributed by atoms with Gasteiger partial charge in [0.05, 0.1) is 23.7 Å². The predicted molar refractivity (Wildman–Crippen MR) is 72.7 cm³/mol. The van der Waals surface area contributed by atoms with Crippen molar-refractivity contribution in [3.05, 3.63) is 29.8 Å². The number of anilines is 1. The minimum atomic E-state index is -0.0688. The largest absolute Gasteiger partial charge is 0.377 e. The molecule has 4 heteroatoms. The Morgan fingerprint density at radius 1 is 1.58 bits per heavy atom. The summed E-state index contributed by atoms with van der Waals surface area (Å²) < 4.78 is 5.57. The van der Waals surface area contributed by atoms with Crippen LogP contribution in [0.5, 0.6) is 0 Å². The van der Waals surface area contributed by atoms with Crippen molar-refractivity contribution in [1.82, 2.24) is 0 Å². The van der Waals surface area contributed by atoms with Gasteiger partial charge in [-0.3, -0.25) is 4.79 Å². The van der Waals surface area contributed by atoms with Gasteiger partial charge < -0.3 is 9.64 Å². The van der Waals surface area contributed by atoms with E-state index in [-0.39, 0.29) is 17.9 Å². The normalized spacial score (nSPS) is 21.9. The second-order valence-electron chi connectivity index (χ2n) is 4.77. The second-order valence-corrected chi connectivity index (χ2v) is 4.77. The molecule has 100 valence electrons. The summed E-state index contributed by atoms with van der Waals surface area (Å²) in [5.41, 5.74) is 1.32. The average molecular weight is 258 g/mol. The molecule has 0 radical (unpaired) electrons. The highest BCUT2D eigenvalue weighted by Gasteiger charge is 2.34. The van der Waals surface area contributed by atoms with Gasteiger partial charge in [0.1, 0.15) is 0 Å². The Labute approximate surface area is 113 Å². The fourth-order valence-electron chi connectivity index (χ4n) is 2.49. The molecule has 0 spiro atoms. The SMILES string of the molecule is CCC1OCCC1C(=O)N(C)c1cccc(C#N)c1. The molecule has 19 heavy (non-hydrogen) atoms. The number of rotatable bonds is 3. The zero-order valence-corrected chi connectivity index (χ0v) is 11.3. The maximum atomic E-state index is 12.5. The third-order valence-corrected chi connectivity index (χ3v) is 3.62. The van der Waals surface area contributed by atoms with E-state index in [0.29, 0.717) is 12.2 Å². The van der Waals surface area contributed by atoms with Crippen molar-refractivity contribution in [1.29, 1.82) is 5.26 Å². The van der Waals surface area contributed by atoms with E-state index < -0.39 is 0 Å². The van der Waals surface area contributed by atoms with Gasteiger partial charge in [0.25, 0.3) is 0 Å². The molecule has 2 rings (SSSR count). The third kappa shape index (κ3) is 2.77. The Morgan fingerprint density at radius 3 is 3.05 bits per heavy atom. The maximum absolute atomic E-state index is 12.5. The zero-order valence-electron chi connectivity index (χ0n) is 11.3. The van der Waals surface area contributed by atoms with Gasteiger partial charge >= 0.3 is 0 Å². The van der Waals surface area contributed by atoms with E-state index in [4.69, 9.17) is 10.00 Å². The van der Waals surface area contributed by atoms with Gasteiger partial charge in [0.15, 0.2) is 0 Å². The van der Waals surface area contributed by atoms with E-state index in [9.17, 15) is 4.79 Å². The topological polar surface area (TPSA) is 53.3 Å². The summed E-state index contributed by atoms with van der Waals surface area (Å²) in [6, 6.07) is 9.18. The van der Waals surface area contributed by atoms with Gasteiger partial charge in [-0.15, -0.1) is 0 Å². The number of amides is 1. The fraction of sp³-hybridized carbons (Fsp3) is 0.467. The number of carbonyl (C=O) groups is 1. The molecule has 1 fully saturated rings.